The summed E-state index contributed by atoms with van der Waals surface area (Å²) >= 11 is 5.10. The van der Waals surface area contributed by atoms with Crippen LogP contribution >= 0.6 is 39.0 Å². The summed E-state index contributed by atoms with van der Waals surface area (Å²) in [6.07, 6.45) is -4.73. The monoisotopic (exact) mass is 718 g/mol. The molecule has 230 valence electrons. The summed E-state index contributed by atoms with van der Waals surface area (Å²) < 4.78 is 42.3. The molecule has 3 atom stereocenters. The van der Waals surface area contributed by atoms with Crippen molar-refractivity contribution < 1.29 is 32.5 Å². The number of thioether (sulfide) groups is 1. The predicted octanol–water partition coefficient (Wildman–Crippen LogP) is 6.03. The van der Waals surface area contributed by atoms with Gasteiger partial charge in [-0.25, -0.2) is 4.90 Å². The molecule has 1 saturated heterocycles. The molecule has 0 bridgehead atoms. The molecule has 0 radical (unpaired) electrons. The van der Waals surface area contributed by atoms with Crippen molar-refractivity contribution in [3.63, 3.8) is 0 Å². The quantitative estimate of drug-likeness (QED) is 0.146. The van der Waals surface area contributed by atoms with Crippen LogP contribution in [-0.2, 0) is 27.1 Å². The third-order valence-corrected chi connectivity index (χ3v) is 10.5. The summed E-state index contributed by atoms with van der Waals surface area (Å²) in [6.45, 7) is -0.636. The molecule has 0 aliphatic carbocycles. The maximum absolute atomic E-state index is 13.9. The molecule has 2 unspecified atom stereocenters. The number of alkyl halides is 3. The molecule has 16 heteroatoms. The number of halogens is 4. The predicted molar refractivity (Wildman–Crippen MR) is 163 cm³/mol. The lowest BCUT2D eigenvalue weighted by Crippen LogP contribution is -2.33. The lowest BCUT2D eigenvalue weighted by atomic mass is 9.83. The number of non-ortho nitro benzene ring substituents is 1. The Morgan fingerprint density at radius 2 is 1.64 bits per heavy atom. The van der Waals surface area contributed by atoms with Crippen molar-refractivity contribution in [1.82, 2.24) is 4.57 Å². The molecule has 3 amide bonds. The van der Waals surface area contributed by atoms with Gasteiger partial charge in [-0.05, 0) is 42.0 Å². The minimum absolute atomic E-state index is 0.142. The van der Waals surface area contributed by atoms with E-state index in [0.29, 0.717) is 10.4 Å². The van der Waals surface area contributed by atoms with Crippen LogP contribution in [0.25, 0.3) is 0 Å². The summed E-state index contributed by atoms with van der Waals surface area (Å²) in [7, 11) is 0. The average Bonchev–Trinajstić information content (AvgIpc) is 3.43. The number of hydrogen-bond acceptors (Lipinski definition) is 8. The summed E-state index contributed by atoms with van der Waals surface area (Å²) in [6, 6.07) is 16.4. The largest absolute Gasteiger partial charge is 0.418 e. The first kappa shape index (κ1) is 30.7. The van der Waals surface area contributed by atoms with Crippen molar-refractivity contribution in [2.45, 2.75) is 28.9 Å². The molecular formula is C29H18BrF3N4O6S2. The number of amides is 3. The summed E-state index contributed by atoms with van der Waals surface area (Å²) in [5.74, 6) is -3.78. The number of nitrogens with zero attached hydrogens (tertiary/aromatic N) is 3. The SMILES string of the molecule is O=C(Cn1c2c(sc1=O)[C@H](c1ccc(Br)cc1)C1C(=O)N(c3ccc([N+](=O)[O-])cc3)C(=O)C1S2)Nc1ccccc1C(F)(F)F. The Morgan fingerprint density at radius 3 is 2.29 bits per heavy atom. The van der Waals surface area contributed by atoms with Crippen LogP contribution in [0.2, 0.25) is 0 Å². The van der Waals surface area contributed by atoms with Gasteiger partial charge in [-0.3, -0.25) is 33.9 Å². The van der Waals surface area contributed by atoms with E-state index < -0.39 is 68.6 Å². The van der Waals surface area contributed by atoms with Crippen molar-refractivity contribution in [2.24, 2.45) is 5.92 Å². The Bertz CT molecular complexity index is 1930. The van der Waals surface area contributed by atoms with Gasteiger partial charge in [0.15, 0.2) is 0 Å². The molecule has 1 fully saturated rings. The topological polar surface area (TPSA) is 132 Å². The minimum Gasteiger partial charge on any atom is -0.324 e. The number of nitrogens with one attached hydrogen (secondary N) is 1. The van der Waals surface area contributed by atoms with E-state index >= 15 is 0 Å². The highest BCUT2D eigenvalue weighted by molar-refractivity contribution is 9.10. The molecule has 1 aromatic heterocycles. The van der Waals surface area contributed by atoms with Gasteiger partial charge in [0, 0.05) is 27.4 Å². The van der Waals surface area contributed by atoms with Crippen LogP contribution in [-0.4, -0.2) is 32.5 Å². The standard InChI is InChI=1S/C29H18BrF3N4O6S2/c30-15-7-5-14(6-8-15)21-22-23(26(40)36(25(22)39)16-9-11-17(12-10-16)37(42)43)44-27-24(21)45-28(41)35(27)13-20(38)34-19-4-2-1-3-18(19)29(31,32)33/h1-12,21-23H,13H2,(H,34,38)/t21-,22?,23?/m1/s1. The Kier molecular flexibility index (Phi) is 7.91. The first-order chi connectivity index (χ1) is 21.3. The average molecular weight is 720 g/mol. The molecule has 4 aromatic rings. The molecule has 45 heavy (non-hydrogen) atoms. The number of rotatable bonds is 6. The molecule has 10 nitrogen and oxygen atoms in total. The number of imide groups is 1. The number of nitro groups is 1. The van der Waals surface area contributed by atoms with Crippen LogP contribution in [0.1, 0.15) is 21.9 Å². The Hall–Kier alpha value is -4.28. The van der Waals surface area contributed by atoms with Crippen LogP contribution in [0.15, 0.2) is 87.1 Å². The summed E-state index contributed by atoms with van der Waals surface area (Å²) in [5, 5.41) is 12.6. The fourth-order valence-electron chi connectivity index (χ4n) is 5.44. The van der Waals surface area contributed by atoms with Gasteiger partial charge in [-0.1, -0.05) is 63.3 Å². The number of carbonyl (C=O) groups is 3. The van der Waals surface area contributed by atoms with Gasteiger partial charge in [-0.2, -0.15) is 13.2 Å². The Labute approximate surface area is 268 Å². The zero-order valence-electron chi connectivity index (χ0n) is 22.5. The van der Waals surface area contributed by atoms with Crippen LogP contribution in [0.4, 0.5) is 30.2 Å². The number of para-hydroxylation sites is 1. The number of fused-ring (bicyclic) bond motifs is 2. The van der Waals surface area contributed by atoms with Crippen molar-refractivity contribution in [3.8, 4) is 0 Å². The van der Waals surface area contributed by atoms with Crippen molar-refractivity contribution >= 4 is 73.8 Å². The second-order valence-electron chi connectivity index (χ2n) is 10.1. The van der Waals surface area contributed by atoms with E-state index in [1.54, 1.807) is 24.3 Å². The molecule has 0 spiro atoms. The van der Waals surface area contributed by atoms with Crippen molar-refractivity contribution in [2.75, 3.05) is 10.2 Å². The second kappa shape index (κ2) is 11.6. The number of aromatic nitrogens is 1. The smallest absolute Gasteiger partial charge is 0.324 e. The van der Waals surface area contributed by atoms with Gasteiger partial charge in [0.05, 0.1) is 32.8 Å². The molecular weight excluding hydrogens is 701 g/mol. The van der Waals surface area contributed by atoms with Crippen LogP contribution < -0.4 is 15.1 Å². The lowest BCUT2D eigenvalue weighted by molar-refractivity contribution is -0.384. The van der Waals surface area contributed by atoms with E-state index in [4.69, 9.17) is 0 Å². The minimum atomic E-state index is -4.73. The number of carbonyl (C=O) groups excluding carboxylic acids is 3. The zero-order chi connectivity index (χ0) is 32.2. The van der Waals surface area contributed by atoms with Gasteiger partial charge in [0.2, 0.25) is 17.7 Å². The second-order valence-corrected chi connectivity index (χ2v) is 13.1. The number of thiazole rings is 1. The maximum Gasteiger partial charge on any atom is 0.418 e. The number of anilines is 2. The fourth-order valence-corrected chi connectivity index (χ4v) is 8.47. The molecule has 6 rings (SSSR count). The van der Waals surface area contributed by atoms with Gasteiger partial charge in [0.1, 0.15) is 11.8 Å². The third-order valence-electron chi connectivity index (χ3n) is 7.41. The molecule has 1 N–H and O–H groups in total. The number of nitro benzene ring substituents is 1. The van der Waals surface area contributed by atoms with Gasteiger partial charge in [0.25, 0.3) is 5.69 Å². The van der Waals surface area contributed by atoms with Crippen molar-refractivity contribution in [3.05, 3.63) is 113 Å². The highest BCUT2D eigenvalue weighted by atomic mass is 79.9. The Morgan fingerprint density at radius 1 is 0.978 bits per heavy atom. The number of benzene rings is 3. The molecule has 0 saturated carbocycles. The highest BCUT2D eigenvalue weighted by Crippen LogP contribution is 2.54. The van der Waals surface area contributed by atoms with Crippen LogP contribution in [0, 0.1) is 16.0 Å². The fraction of sp³-hybridized carbons (Fsp3) is 0.172. The number of hydrogen-bond donors (Lipinski definition) is 1. The third kappa shape index (κ3) is 5.57. The van der Waals surface area contributed by atoms with E-state index in [-0.39, 0.29) is 16.4 Å². The zero-order valence-corrected chi connectivity index (χ0v) is 25.7. The van der Waals surface area contributed by atoms with E-state index in [1.807, 2.05) is 0 Å². The normalized spacial score (nSPS) is 19.3. The first-order valence-electron chi connectivity index (χ1n) is 13.1. The maximum atomic E-state index is 13.9. The van der Waals surface area contributed by atoms with Gasteiger partial charge >= 0.3 is 11.0 Å². The van der Waals surface area contributed by atoms with E-state index in [2.05, 4.69) is 21.2 Å². The lowest BCUT2D eigenvalue weighted by Gasteiger charge is -2.30. The van der Waals surface area contributed by atoms with E-state index in [1.165, 1.54) is 36.4 Å². The first-order valence-corrected chi connectivity index (χ1v) is 15.6. The summed E-state index contributed by atoms with van der Waals surface area (Å²) in [5.41, 5.74) is -0.975. The van der Waals surface area contributed by atoms with Gasteiger partial charge < -0.3 is 5.32 Å². The molecule has 2 aliphatic rings. The van der Waals surface area contributed by atoms with E-state index in [0.717, 1.165) is 49.2 Å². The molecule has 3 heterocycles. The van der Waals surface area contributed by atoms with E-state index in [9.17, 15) is 42.5 Å². The van der Waals surface area contributed by atoms with Crippen LogP contribution in [0.5, 0.6) is 0 Å². The highest BCUT2D eigenvalue weighted by Gasteiger charge is 2.57. The Balaban J connectivity index is 1.39. The van der Waals surface area contributed by atoms with Crippen LogP contribution in [0.3, 0.4) is 0 Å². The van der Waals surface area contributed by atoms with Crippen molar-refractivity contribution in [1.29, 1.82) is 0 Å². The summed E-state index contributed by atoms with van der Waals surface area (Å²) in [4.78, 5) is 65.4. The molecule has 3 aromatic carbocycles. The molecule has 2 aliphatic heterocycles. The van der Waals surface area contributed by atoms with Gasteiger partial charge in [-0.15, -0.1) is 0 Å².